The lowest BCUT2D eigenvalue weighted by Crippen LogP contribution is -2.30. The summed E-state index contributed by atoms with van der Waals surface area (Å²) in [6, 6.07) is 6.53. The van der Waals surface area contributed by atoms with Crippen LogP contribution in [0, 0.1) is 0 Å². The van der Waals surface area contributed by atoms with E-state index in [0.29, 0.717) is 23.7 Å². The van der Waals surface area contributed by atoms with E-state index in [1.807, 2.05) is 0 Å². The maximum atomic E-state index is 10.7. The molecular formula is C11H13Cl2NO3. The summed E-state index contributed by atoms with van der Waals surface area (Å²) in [6.07, 6.45) is 0.389. The summed E-state index contributed by atoms with van der Waals surface area (Å²) < 4.78 is 5.63. The van der Waals surface area contributed by atoms with Crippen LogP contribution in [-0.4, -0.2) is 29.8 Å². The molecule has 0 saturated carbocycles. The molecule has 1 heterocycles. The molecule has 0 amide bonds. The Bertz CT molecular complexity index is 383. The zero-order chi connectivity index (χ0) is 11.5. The average Bonchev–Trinajstić information content (AvgIpc) is 2.70. The van der Waals surface area contributed by atoms with Gasteiger partial charge < -0.3 is 15.2 Å². The highest BCUT2D eigenvalue weighted by atomic mass is 35.5. The van der Waals surface area contributed by atoms with E-state index in [9.17, 15) is 4.79 Å². The molecule has 0 unspecified atom stereocenters. The van der Waals surface area contributed by atoms with Crippen LogP contribution >= 0.6 is 24.0 Å². The first-order valence-corrected chi connectivity index (χ1v) is 5.41. The van der Waals surface area contributed by atoms with Crippen LogP contribution in [0.15, 0.2) is 24.3 Å². The molecule has 94 valence electrons. The Morgan fingerprint density at radius 2 is 2.06 bits per heavy atom. The summed E-state index contributed by atoms with van der Waals surface area (Å²) in [4.78, 5) is 10.7. The second-order valence-corrected chi connectivity index (χ2v) is 4.16. The highest BCUT2D eigenvalue weighted by Crippen LogP contribution is 2.19. The third kappa shape index (κ3) is 3.77. The number of hydrogen-bond donors (Lipinski definition) is 2. The molecule has 1 aliphatic rings. The number of carboxylic acid groups (broad SMARTS) is 1. The predicted octanol–water partition coefficient (Wildman–Crippen LogP) is 1.96. The van der Waals surface area contributed by atoms with Gasteiger partial charge in [0.05, 0.1) is 0 Å². The maximum Gasteiger partial charge on any atom is 0.320 e. The van der Waals surface area contributed by atoms with Crippen molar-refractivity contribution in [2.24, 2.45) is 0 Å². The Morgan fingerprint density at radius 3 is 2.59 bits per heavy atom. The molecule has 2 atom stereocenters. The molecule has 1 fully saturated rings. The first-order chi connectivity index (χ1) is 7.65. The van der Waals surface area contributed by atoms with Crippen LogP contribution in [0.25, 0.3) is 0 Å². The van der Waals surface area contributed by atoms with Gasteiger partial charge in [0.1, 0.15) is 17.9 Å². The van der Waals surface area contributed by atoms with Crippen molar-refractivity contribution in [3.63, 3.8) is 0 Å². The molecular weight excluding hydrogens is 265 g/mol. The van der Waals surface area contributed by atoms with Crippen molar-refractivity contribution in [3.8, 4) is 5.75 Å². The van der Waals surface area contributed by atoms with Crippen molar-refractivity contribution in [1.29, 1.82) is 0 Å². The minimum atomic E-state index is -0.831. The number of rotatable bonds is 3. The Labute approximate surface area is 110 Å². The van der Waals surface area contributed by atoms with Crippen LogP contribution in [0.5, 0.6) is 5.75 Å². The number of carbonyl (C=O) groups is 1. The summed E-state index contributed by atoms with van der Waals surface area (Å²) in [7, 11) is 0. The zero-order valence-corrected chi connectivity index (χ0v) is 10.5. The third-order valence-electron chi connectivity index (χ3n) is 2.50. The van der Waals surface area contributed by atoms with E-state index < -0.39 is 12.0 Å². The largest absolute Gasteiger partial charge is 0.489 e. The van der Waals surface area contributed by atoms with E-state index in [1.165, 1.54) is 0 Å². The SMILES string of the molecule is Cl.O=C(O)[C@@H]1C[C@H](Oc2ccc(Cl)cc2)CN1. The van der Waals surface area contributed by atoms with Crippen LogP contribution in [0.1, 0.15) is 6.42 Å². The quantitative estimate of drug-likeness (QED) is 0.887. The van der Waals surface area contributed by atoms with Crippen LogP contribution in [-0.2, 0) is 4.79 Å². The molecule has 0 aliphatic carbocycles. The monoisotopic (exact) mass is 277 g/mol. The predicted molar refractivity (Wildman–Crippen MR) is 67.2 cm³/mol. The summed E-state index contributed by atoms with van der Waals surface area (Å²) in [5.74, 6) is -0.121. The van der Waals surface area contributed by atoms with Crippen molar-refractivity contribution in [2.45, 2.75) is 18.6 Å². The number of aliphatic carboxylic acids is 1. The Balaban J connectivity index is 0.00000144. The first-order valence-electron chi connectivity index (χ1n) is 5.03. The normalized spacial score (nSPS) is 22.9. The minimum absolute atomic E-state index is 0. The summed E-state index contributed by atoms with van der Waals surface area (Å²) in [5, 5.41) is 12.3. The fraction of sp³-hybridized carbons (Fsp3) is 0.364. The van der Waals surface area contributed by atoms with E-state index in [1.54, 1.807) is 24.3 Å². The number of ether oxygens (including phenoxy) is 1. The molecule has 4 nitrogen and oxygen atoms in total. The van der Waals surface area contributed by atoms with Crippen LogP contribution in [0.4, 0.5) is 0 Å². The van der Waals surface area contributed by atoms with E-state index in [-0.39, 0.29) is 18.5 Å². The smallest absolute Gasteiger partial charge is 0.320 e. The number of hydrogen-bond acceptors (Lipinski definition) is 3. The fourth-order valence-electron chi connectivity index (χ4n) is 1.69. The van der Waals surface area contributed by atoms with Crippen LogP contribution in [0.3, 0.4) is 0 Å². The highest BCUT2D eigenvalue weighted by Gasteiger charge is 2.30. The molecule has 1 aromatic rings. The standard InChI is InChI=1S/C11H12ClNO3.ClH/c12-7-1-3-8(4-2-7)16-9-5-10(11(14)15)13-6-9;/h1-4,9-10,13H,5-6H2,(H,14,15);1H/t9-,10-;/m0./s1. The molecule has 17 heavy (non-hydrogen) atoms. The van der Waals surface area contributed by atoms with Gasteiger partial charge >= 0.3 is 5.97 Å². The van der Waals surface area contributed by atoms with Gasteiger partial charge in [-0.15, -0.1) is 12.4 Å². The summed E-state index contributed by atoms with van der Waals surface area (Å²) in [6.45, 7) is 0.555. The molecule has 0 spiro atoms. The molecule has 1 aliphatic heterocycles. The number of nitrogens with one attached hydrogen (secondary N) is 1. The van der Waals surface area contributed by atoms with Gasteiger partial charge in [-0.05, 0) is 24.3 Å². The number of carboxylic acids is 1. The zero-order valence-electron chi connectivity index (χ0n) is 8.93. The lowest BCUT2D eigenvalue weighted by atomic mass is 10.2. The van der Waals surface area contributed by atoms with Crippen molar-refractivity contribution in [3.05, 3.63) is 29.3 Å². The maximum absolute atomic E-state index is 10.7. The second-order valence-electron chi connectivity index (χ2n) is 3.73. The minimum Gasteiger partial charge on any atom is -0.489 e. The number of halogens is 2. The lowest BCUT2D eigenvalue weighted by molar-refractivity contribution is -0.139. The van der Waals surface area contributed by atoms with Crippen molar-refractivity contribution >= 4 is 30.0 Å². The van der Waals surface area contributed by atoms with Crippen LogP contribution < -0.4 is 10.1 Å². The molecule has 6 heteroatoms. The van der Waals surface area contributed by atoms with E-state index in [4.69, 9.17) is 21.4 Å². The first kappa shape index (κ1) is 14.1. The van der Waals surface area contributed by atoms with Gasteiger partial charge in [0.2, 0.25) is 0 Å². The molecule has 1 saturated heterocycles. The van der Waals surface area contributed by atoms with Gasteiger partial charge in [0.25, 0.3) is 0 Å². The van der Waals surface area contributed by atoms with E-state index in [0.717, 1.165) is 0 Å². The average molecular weight is 278 g/mol. The topological polar surface area (TPSA) is 58.6 Å². The molecule has 1 aromatic carbocycles. The molecule has 0 bridgehead atoms. The molecule has 2 rings (SSSR count). The fourth-order valence-corrected chi connectivity index (χ4v) is 1.81. The van der Waals surface area contributed by atoms with Gasteiger partial charge in [-0.1, -0.05) is 11.6 Å². The summed E-state index contributed by atoms with van der Waals surface area (Å²) in [5.41, 5.74) is 0. The van der Waals surface area contributed by atoms with Crippen molar-refractivity contribution in [1.82, 2.24) is 5.32 Å². The van der Waals surface area contributed by atoms with Gasteiger partial charge in [-0.25, -0.2) is 0 Å². The molecule has 0 aromatic heterocycles. The number of benzene rings is 1. The van der Waals surface area contributed by atoms with Gasteiger partial charge in [-0.3, -0.25) is 4.79 Å². The summed E-state index contributed by atoms with van der Waals surface area (Å²) >= 11 is 5.75. The van der Waals surface area contributed by atoms with Gasteiger partial charge in [-0.2, -0.15) is 0 Å². The van der Waals surface area contributed by atoms with Gasteiger partial charge in [0.15, 0.2) is 0 Å². The van der Waals surface area contributed by atoms with E-state index in [2.05, 4.69) is 5.32 Å². The Hall–Kier alpha value is -0.970. The van der Waals surface area contributed by atoms with Crippen LogP contribution in [0.2, 0.25) is 5.02 Å². The van der Waals surface area contributed by atoms with E-state index >= 15 is 0 Å². The third-order valence-corrected chi connectivity index (χ3v) is 2.76. The highest BCUT2D eigenvalue weighted by molar-refractivity contribution is 6.30. The second kappa shape index (κ2) is 6.10. The Kier molecular flexibility index (Phi) is 5.05. The van der Waals surface area contributed by atoms with Crippen molar-refractivity contribution < 1.29 is 14.6 Å². The van der Waals surface area contributed by atoms with Crippen molar-refractivity contribution in [2.75, 3.05) is 6.54 Å². The molecule has 0 radical (unpaired) electrons. The Morgan fingerprint density at radius 1 is 1.41 bits per heavy atom. The molecule has 2 N–H and O–H groups in total. The lowest BCUT2D eigenvalue weighted by Gasteiger charge is -2.12. The van der Waals surface area contributed by atoms with Gasteiger partial charge in [0, 0.05) is 18.0 Å².